The Morgan fingerprint density at radius 1 is 1.57 bits per heavy atom. The van der Waals surface area contributed by atoms with E-state index in [4.69, 9.17) is 0 Å². The van der Waals surface area contributed by atoms with Crippen molar-refractivity contribution in [3.05, 3.63) is 16.4 Å². The summed E-state index contributed by atoms with van der Waals surface area (Å²) in [6, 6.07) is 0. The molecule has 0 saturated carbocycles. The van der Waals surface area contributed by atoms with E-state index in [1.54, 1.807) is 22.8 Å². The maximum atomic E-state index is 12.5. The second-order valence-electron chi connectivity index (χ2n) is 3.56. The lowest BCUT2D eigenvalue weighted by Crippen LogP contribution is -2.55. The van der Waals surface area contributed by atoms with Gasteiger partial charge in [-0.05, 0) is 15.9 Å². The molecule has 0 aromatic carbocycles. The molecule has 14 heavy (non-hydrogen) atoms. The van der Waals surface area contributed by atoms with Crippen LogP contribution in [0.15, 0.2) is 10.7 Å². The van der Waals surface area contributed by atoms with Crippen molar-refractivity contribution in [2.24, 2.45) is 7.05 Å². The van der Waals surface area contributed by atoms with Crippen LogP contribution in [0.5, 0.6) is 0 Å². The number of halogens is 3. The number of aryl methyl sites for hydroxylation is 1. The van der Waals surface area contributed by atoms with Crippen molar-refractivity contribution in [3.63, 3.8) is 0 Å². The van der Waals surface area contributed by atoms with Crippen LogP contribution in [-0.4, -0.2) is 33.7 Å². The minimum atomic E-state index is -2.49. The Bertz CT molecular complexity index is 323. The number of hydrogen-bond donors (Lipinski definition) is 0. The highest BCUT2D eigenvalue weighted by Gasteiger charge is 2.43. The van der Waals surface area contributed by atoms with Crippen LogP contribution in [0, 0.1) is 0 Å². The largest absolute Gasteiger partial charge is 0.285 e. The Balaban J connectivity index is 1.99. The molecule has 0 aliphatic carbocycles. The highest BCUT2D eigenvalue weighted by molar-refractivity contribution is 9.10. The van der Waals surface area contributed by atoms with Gasteiger partial charge in [-0.2, -0.15) is 5.10 Å². The average Bonchev–Trinajstić information content (AvgIpc) is 2.32. The topological polar surface area (TPSA) is 21.1 Å². The van der Waals surface area contributed by atoms with Crippen LogP contribution >= 0.6 is 15.9 Å². The summed E-state index contributed by atoms with van der Waals surface area (Å²) in [5.41, 5.74) is 0.931. The number of hydrogen-bond acceptors (Lipinski definition) is 2. The van der Waals surface area contributed by atoms with Gasteiger partial charge in [0.15, 0.2) is 0 Å². The molecule has 1 saturated heterocycles. The van der Waals surface area contributed by atoms with Crippen molar-refractivity contribution in [2.45, 2.75) is 12.5 Å². The van der Waals surface area contributed by atoms with Crippen LogP contribution in [0.4, 0.5) is 8.78 Å². The van der Waals surface area contributed by atoms with Gasteiger partial charge in [0.05, 0.1) is 29.5 Å². The maximum Gasteiger partial charge on any atom is 0.272 e. The van der Waals surface area contributed by atoms with Gasteiger partial charge in [-0.15, -0.1) is 0 Å². The first kappa shape index (κ1) is 10.0. The van der Waals surface area contributed by atoms with Gasteiger partial charge in [0.1, 0.15) is 0 Å². The van der Waals surface area contributed by atoms with Gasteiger partial charge < -0.3 is 0 Å². The quantitative estimate of drug-likeness (QED) is 0.811. The standard InChI is InChI=1S/C8H10BrF2N3/c1-13-7(6(9)2-12-13)3-14-4-8(10,11)5-14/h2H,3-5H2,1H3. The molecule has 1 aromatic heterocycles. The van der Waals surface area contributed by atoms with Crippen LogP contribution in [0.2, 0.25) is 0 Å². The normalized spacial score (nSPS) is 20.9. The minimum absolute atomic E-state index is 0.148. The molecular weight excluding hydrogens is 256 g/mol. The predicted octanol–water partition coefficient (Wildman–Crippen LogP) is 1.63. The fourth-order valence-corrected chi connectivity index (χ4v) is 2.02. The van der Waals surface area contributed by atoms with Gasteiger partial charge in [0.2, 0.25) is 0 Å². The minimum Gasteiger partial charge on any atom is -0.285 e. The summed E-state index contributed by atoms with van der Waals surface area (Å²) in [5, 5.41) is 4.02. The molecule has 2 heterocycles. The molecule has 0 atom stereocenters. The summed E-state index contributed by atoms with van der Waals surface area (Å²) in [4.78, 5) is 1.70. The van der Waals surface area contributed by atoms with E-state index >= 15 is 0 Å². The molecule has 0 radical (unpaired) electrons. The molecule has 0 unspecified atom stereocenters. The van der Waals surface area contributed by atoms with Crippen molar-refractivity contribution < 1.29 is 8.78 Å². The summed E-state index contributed by atoms with van der Waals surface area (Å²) in [6.07, 6.45) is 1.67. The van der Waals surface area contributed by atoms with Gasteiger partial charge in [-0.25, -0.2) is 8.78 Å². The first-order valence-corrected chi connectivity index (χ1v) is 5.04. The molecule has 1 aliphatic heterocycles. The Kier molecular flexibility index (Phi) is 2.35. The third-order valence-electron chi connectivity index (χ3n) is 2.29. The molecule has 2 rings (SSSR count). The SMILES string of the molecule is Cn1ncc(Br)c1CN1CC(F)(F)C1. The first-order valence-electron chi connectivity index (χ1n) is 4.24. The van der Waals surface area contributed by atoms with Crippen LogP contribution in [0.3, 0.4) is 0 Å². The molecule has 1 aromatic rings. The van der Waals surface area contributed by atoms with Crippen LogP contribution in [0.1, 0.15) is 5.69 Å². The van der Waals surface area contributed by atoms with E-state index in [-0.39, 0.29) is 13.1 Å². The average molecular weight is 266 g/mol. The lowest BCUT2D eigenvalue weighted by Gasteiger charge is -2.38. The Morgan fingerprint density at radius 3 is 2.64 bits per heavy atom. The smallest absolute Gasteiger partial charge is 0.272 e. The van der Waals surface area contributed by atoms with E-state index in [0.717, 1.165) is 10.2 Å². The molecule has 3 nitrogen and oxygen atoms in total. The molecule has 0 N–H and O–H groups in total. The van der Waals surface area contributed by atoms with Crippen molar-refractivity contribution in [1.82, 2.24) is 14.7 Å². The first-order chi connectivity index (χ1) is 6.48. The molecule has 0 bridgehead atoms. The second kappa shape index (κ2) is 3.27. The van der Waals surface area contributed by atoms with Crippen molar-refractivity contribution >= 4 is 15.9 Å². The molecule has 1 fully saturated rings. The predicted molar refractivity (Wildman–Crippen MR) is 51.1 cm³/mol. The Labute approximate surface area is 88.8 Å². The lowest BCUT2D eigenvalue weighted by molar-refractivity contribution is -0.134. The maximum absolute atomic E-state index is 12.5. The van der Waals surface area contributed by atoms with E-state index in [1.165, 1.54) is 0 Å². The zero-order valence-electron chi connectivity index (χ0n) is 7.67. The fraction of sp³-hybridized carbons (Fsp3) is 0.625. The molecule has 0 spiro atoms. The number of likely N-dealkylation sites (tertiary alicyclic amines) is 1. The summed E-state index contributed by atoms with van der Waals surface area (Å²) in [7, 11) is 1.80. The van der Waals surface area contributed by atoms with Crippen molar-refractivity contribution in [3.8, 4) is 0 Å². The highest BCUT2D eigenvalue weighted by atomic mass is 79.9. The summed E-state index contributed by atoms with van der Waals surface area (Å²) in [6.45, 7) is 0.224. The Morgan fingerprint density at radius 2 is 2.21 bits per heavy atom. The molecule has 78 valence electrons. The zero-order chi connectivity index (χ0) is 10.3. The molecule has 1 aliphatic rings. The van der Waals surface area contributed by atoms with Gasteiger partial charge in [-0.1, -0.05) is 0 Å². The van der Waals surface area contributed by atoms with Crippen LogP contribution in [-0.2, 0) is 13.6 Å². The molecule has 0 amide bonds. The van der Waals surface area contributed by atoms with Crippen molar-refractivity contribution in [2.75, 3.05) is 13.1 Å². The third-order valence-corrected chi connectivity index (χ3v) is 2.96. The summed E-state index contributed by atoms with van der Waals surface area (Å²) < 4.78 is 27.7. The number of alkyl halides is 2. The third kappa shape index (κ3) is 1.81. The van der Waals surface area contributed by atoms with Crippen LogP contribution in [0.25, 0.3) is 0 Å². The lowest BCUT2D eigenvalue weighted by atomic mass is 10.1. The number of aromatic nitrogens is 2. The number of rotatable bonds is 2. The van der Waals surface area contributed by atoms with Gasteiger partial charge >= 0.3 is 0 Å². The van der Waals surface area contributed by atoms with E-state index < -0.39 is 5.92 Å². The van der Waals surface area contributed by atoms with E-state index in [2.05, 4.69) is 21.0 Å². The second-order valence-corrected chi connectivity index (χ2v) is 4.42. The van der Waals surface area contributed by atoms with E-state index in [9.17, 15) is 8.78 Å². The van der Waals surface area contributed by atoms with Crippen LogP contribution < -0.4 is 0 Å². The van der Waals surface area contributed by atoms with E-state index in [1.807, 2.05) is 0 Å². The van der Waals surface area contributed by atoms with Gasteiger partial charge in [-0.3, -0.25) is 9.58 Å². The molecule has 6 heteroatoms. The van der Waals surface area contributed by atoms with Gasteiger partial charge in [0.25, 0.3) is 5.92 Å². The monoisotopic (exact) mass is 265 g/mol. The summed E-state index contributed by atoms with van der Waals surface area (Å²) in [5.74, 6) is -2.49. The van der Waals surface area contributed by atoms with Gasteiger partial charge in [0, 0.05) is 13.6 Å². The Hall–Kier alpha value is -0.490. The zero-order valence-corrected chi connectivity index (χ0v) is 9.26. The summed E-state index contributed by atoms with van der Waals surface area (Å²) >= 11 is 3.33. The molecular formula is C8H10BrF2N3. The van der Waals surface area contributed by atoms with Crippen molar-refractivity contribution in [1.29, 1.82) is 0 Å². The highest BCUT2D eigenvalue weighted by Crippen LogP contribution is 2.29. The fourth-order valence-electron chi connectivity index (χ4n) is 1.55. The van der Waals surface area contributed by atoms with E-state index in [0.29, 0.717) is 6.54 Å². The number of nitrogens with zero attached hydrogens (tertiary/aromatic N) is 3.